The molecule has 6 heteroatoms. The maximum atomic E-state index is 13.3. The van der Waals surface area contributed by atoms with Crippen LogP contribution in [-0.4, -0.2) is 5.11 Å². The standard InChI is InChI=1S/C11H9BrFNOS.ClH/c12-6-4-7(11(15)8(13)5-6)10(14)9-2-1-3-16-9;/h1-5,10,15H,14H2;1H/t10-;/m1./s1. The number of hydrogen-bond acceptors (Lipinski definition) is 3. The van der Waals surface area contributed by atoms with Crippen LogP contribution in [0.1, 0.15) is 16.5 Å². The number of phenols is 1. The Balaban J connectivity index is 0.00000144. The topological polar surface area (TPSA) is 46.2 Å². The summed E-state index contributed by atoms with van der Waals surface area (Å²) in [4.78, 5) is 0.882. The second kappa shape index (κ2) is 5.82. The smallest absolute Gasteiger partial charge is 0.166 e. The van der Waals surface area contributed by atoms with Crippen LogP contribution in [0.4, 0.5) is 4.39 Å². The number of nitrogens with two attached hydrogens (primary N) is 1. The van der Waals surface area contributed by atoms with Crippen molar-refractivity contribution in [1.29, 1.82) is 0 Å². The largest absolute Gasteiger partial charge is 0.505 e. The lowest BCUT2D eigenvalue weighted by Crippen LogP contribution is -2.11. The number of halogens is 3. The van der Waals surface area contributed by atoms with Gasteiger partial charge in [0.25, 0.3) is 0 Å². The number of benzene rings is 1. The van der Waals surface area contributed by atoms with Gasteiger partial charge in [-0.1, -0.05) is 22.0 Å². The van der Waals surface area contributed by atoms with Crippen molar-refractivity contribution in [2.75, 3.05) is 0 Å². The highest BCUT2D eigenvalue weighted by atomic mass is 79.9. The summed E-state index contributed by atoms with van der Waals surface area (Å²) < 4.78 is 13.9. The van der Waals surface area contributed by atoms with Crippen LogP contribution in [0.25, 0.3) is 0 Å². The first kappa shape index (κ1) is 14.4. The molecule has 0 aliphatic rings. The second-order valence-corrected chi connectivity index (χ2v) is 5.21. The molecule has 2 rings (SSSR count). The summed E-state index contributed by atoms with van der Waals surface area (Å²) in [6.45, 7) is 0. The minimum Gasteiger partial charge on any atom is -0.505 e. The van der Waals surface area contributed by atoms with Gasteiger partial charge >= 0.3 is 0 Å². The van der Waals surface area contributed by atoms with E-state index in [0.29, 0.717) is 10.0 Å². The lowest BCUT2D eigenvalue weighted by atomic mass is 10.1. The maximum absolute atomic E-state index is 13.3. The zero-order valence-electron chi connectivity index (χ0n) is 8.56. The molecule has 0 aliphatic carbocycles. The van der Waals surface area contributed by atoms with Gasteiger partial charge < -0.3 is 10.8 Å². The van der Waals surface area contributed by atoms with E-state index in [2.05, 4.69) is 15.9 Å². The SMILES string of the molecule is Cl.N[C@@H](c1cccs1)c1cc(Br)cc(F)c1O. The van der Waals surface area contributed by atoms with E-state index >= 15 is 0 Å². The number of aromatic hydroxyl groups is 1. The lowest BCUT2D eigenvalue weighted by Gasteiger charge is -2.13. The molecule has 0 saturated heterocycles. The summed E-state index contributed by atoms with van der Waals surface area (Å²) in [6, 6.07) is 6.05. The fourth-order valence-electron chi connectivity index (χ4n) is 1.44. The molecule has 0 fully saturated rings. The van der Waals surface area contributed by atoms with Gasteiger partial charge in [-0.15, -0.1) is 23.7 Å². The molecule has 1 heterocycles. The first-order chi connectivity index (χ1) is 7.59. The zero-order valence-corrected chi connectivity index (χ0v) is 11.8. The van der Waals surface area contributed by atoms with Gasteiger partial charge in [-0.05, 0) is 23.6 Å². The predicted octanol–water partition coefficient (Wildman–Crippen LogP) is 3.83. The van der Waals surface area contributed by atoms with Crippen LogP contribution in [0.2, 0.25) is 0 Å². The summed E-state index contributed by atoms with van der Waals surface area (Å²) in [7, 11) is 0. The first-order valence-electron chi connectivity index (χ1n) is 4.56. The summed E-state index contributed by atoms with van der Waals surface area (Å²) >= 11 is 4.65. The van der Waals surface area contributed by atoms with Crippen LogP contribution < -0.4 is 5.73 Å². The van der Waals surface area contributed by atoms with Crippen molar-refractivity contribution in [2.24, 2.45) is 5.73 Å². The fraction of sp³-hybridized carbons (Fsp3) is 0.0909. The van der Waals surface area contributed by atoms with Gasteiger partial charge in [0.05, 0.1) is 6.04 Å². The molecule has 1 aromatic carbocycles. The third-order valence-electron chi connectivity index (χ3n) is 2.24. The van der Waals surface area contributed by atoms with E-state index in [1.54, 1.807) is 6.07 Å². The van der Waals surface area contributed by atoms with E-state index < -0.39 is 11.9 Å². The van der Waals surface area contributed by atoms with Gasteiger partial charge in [0.1, 0.15) is 0 Å². The van der Waals surface area contributed by atoms with Crippen molar-refractivity contribution in [2.45, 2.75) is 6.04 Å². The van der Waals surface area contributed by atoms with E-state index in [1.807, 2.05) is 17.5 Å². The highest BCUT2D eigenvalue weighted by Gasteiger charge is 2.17. The minimum atomic E-state index is -0.670. The third-order valence-corrected chi connectivity index (χ3v) is 3.66. The number of phenolic OH excluding ortho intramolecular Hbond substituents is 1. The monoisotopic (exact) mass is 337 g/mol. The fourth-order valence-corrected chi connectivity index (χ4v) is 2.64. The average molecular weight is 339 g/mol. The van der Waals surface area contributed by atoms with Gasteiger partial charge in [-0.25, -0.2) is 4.39 Å². The molecule has 2 nitrogen and oxygen atoms in total. The van der Waals surface area contributed by atoms with Crippen molar-refractivity contribution in [3.05, 3.63) is 50.4 Å². The molecular formula is C11H10BrClFNOS. The zero-order chi connectivity index (χ0) is 11.7. The highest BCUT2D eigenvalue weighted by Crippen LogP contribution is 2.34. The Bertz CT molecular complexity index is 506. The molecule has 92 valence electrons. The second-order valence-electron chi connectivity index (χ2n) is 3.32. The van der Waals surface area contributed by atoms with Crippen molar-refractivity contribution in [3.8, 4) is 5.75 Å². The molecule has 3 N–H and O–H groups in total. The maximum Gasteiger partial charge on any atom is 0.166 e. The van der Waals surface area contributed by atoms with Gasteiger partial charge in [0.2, 0.25) is 0 Å². The lowest BCUT2D eigenvalue weighted by molar-refractivity contribution is 0.423. The van der Waals surface area contributed by atoms with Gasteiger partial charge in [0, 0.05) is 14.9 Å². The molecule has 2 aromatic rings. The van der Waals surface area contributed by atoms with Gasteiger partial charge in [0.15, 0.2) is 11.6 Å². The molecule has 0 radical (unpaired) electrons. The van der Waals surface area contributed by atoms with Gasteiger partial charge in [-0.2, -0.15) is 0 Å². The van der Waals surface area contributed by atoms with Crippen LogP contribution in [0.15, 0.2) is 34.1 Å². The summed E-state index contributed by atoms with van der Waals surface area (Å²) in [5.41, 5.74) is 6.35. The Kier molecular flexibility index (Phi) is 4.94. The molecule has 0 unspecified atom stereocenters. The first-order valence-corrected chi connectivity index (χ1v) is 6.23. The van der Waals surface area contributed by atoms with Crippen LogP contribution in [0.5, 0.6) is 5.75 Å². The summed E-state index contributed by atoms with van der Waals surface area (Å²) in [6.07, 6.45) is 0. The Labute approximate surface area is 117 Å². The van der Waals surface area contributed by atoms with E-state index in [0.717, 1.165) is 4.88 Å². The Hall–Kier alpha value is -0.620. The quantitative estimate of drug-likeness (QED) is 0.874. The Morgan fingerprint density at radius 2 is 2.12 bits per heavy atom. The van der Waals surface area contributed by atoms with Crippen LogP contribution in [0, 0.1) is 5.82 Å². The highest BCUT2D eigenvalue weighted by molar-refractivity contribution is 9.10. The molecular weight excluding hydrogens is 329 g/mol. The minimum absolute atomic E-state index is 0. The Morgan fingerprint density at radius 1 is 1.41 bits per heavy atom. The molecule has 1 atom stereocenters. The van der Waals surface area contributed by atoms with Crippen molar-refractivity contribution in [3.63, 3.8) is 0 Å². The van der Waals surface area contributed by atoms with E-state index in [9.17, 15) is 9.50 Å². The Morgan fingerprint density at radius 3 is 2.71 bits per heavy atom. The van der Waals surface area contributed by atoms with E-state index in [-0.39, 0.29) is 18.2 Å². The van der Waals surface area contributed by atoms with E-state index in [4.69, 9.17) is 5.73 Å². The van der Waals surface area contributed by atoms with Crippen LogP contribution in [-0.2, 0) is 0 Å². The normalized spacial score (nSPS) is 11.9. The molecule has 0 amide bonds. The van der Waals surface area contributed by atoms with Gasteiger partial charge in [-0.3, -0.25) is 0 Å². The van der Waals surface area contributed by atoms with Crippen molar-refractivity contribution in [1.82, 2.24) is 0 Å². The molecule has 0 saturated carbocycles. The average Bonchev–Trinajstić information content (AvgIpc) is 2.75. The molecule has 0 bridgehead atoms. The molecule has 1 aromatic heterocycles. The molecule has 17 heavy (non-hydrogen) atoms. The summed E-state index contributed by atoms with van der Waals surface area (Å²) in [5, 5.41) is 11.5. The van der Waals surface area contributed by atoms with Crippen LogP contribution in [0.3, 0.4) is 0 Å². The van der Waals surface area contributed by atoms with Crippen molar-refractivity contribution < 1.29 is 9.50 Å². The number of rotatable bonds is 2. The molecule has 0 spiro atoms. The number of thiophene rings is 1. The van der Waals surface area contributed by atoms with Crippen molar-refractivity contribution >= 4 is 39.7 Å². The number of hydrogen-bond donors (Lipinski definition) is 2. The predicted molar refractivity (Wildman–Crippen MR) is 73.4 cm³/mol. The molecule has 0 aliphatic heterocycles. The van der Waals surface area contributed by atoms with E-state index in [1.165, 1.54) is 17.4 Å². The summed E-state index contributed by atoms with van der Waals surface area (Å²) in [5.74, 6) is -1.06. The van der Waals surface area contributed by atoms with Crippen LogP contribution >= 0.6 is 39.7 Å². The third kappa shape index (κ3) is 2.98.